The average Bonchev–Trinajstić information content (AvgIpc) is 2.61. The van der Waals surface area contributed by atoms with Crippen LogP contribution in [0.4, 0.5) is 0 Å². The van der Waals surface area contributed by atoms with Crippen molar-refractivity contribution in [2.45, 2.75) is 52.3 Å². The number of carbonyl (C=O) groups is 1. The average molecular weight is 340 g/mol. The van der Waals surface area contributed by atoms with Crippen LogP contribution in [0.25, 0.3) is 0 Å². The van der Waals surface area contributed by atoms with E-state index in [1.165, 1.54) is 0 Å². The fourth-order valence-corrected chi connectivity index (χ4v) is 2.49. The molecule has 2 rings (SSSR count). The van der Waals surface area contributed by atoms with Gasteiger partial charge in [-0.05, 0) is 44.4 Å². The molecular weight excluding hydrogens is 312 g/mol. The van der Waals surface area contributed by atoms with Gasteiger partial charge in [-0.25, -0.2) is 0 Å². The Morgan fingerprint density at radius 3 is 2.56 bits per heavy atom. The molecule has 0 aliphatic carbocycles. The quantitative estimate of drug-likeness (QED) is 0.808. The Morgan fingerprint density at radius 1 is 1.24 bits per heavy atom. The lowest BCUT2D eigenvalue weighted by atomic mass is 9.92. The van der Waals surface area contributed by atoms with E-state index in [0.717, 1.165) is 28.9 Å². The molecular formula is C21H28N2O2. The Labute approximate surface area is 150 Å². The lowest BCUT2D eigenvalue weighted by Gasteiger charge is -2.24. The van der Waals surface area contributed by atoms with Gasteiger partial charge in [0.15, 0.2) is 0 Å². The van der Waals surface area contributed by atoms with Crippen LogP contribution in [0.3, 0.4) is 0 Å². The van der Waals surface area contributed by atoms with Crippen LogP contribution in [0.5, 0.6) is 5.75 Å². The van der Waals surface area contributed by atoms with E-state index in [1.807, 2.05) is 62.4 Å². The standard InChI is InChI=1S/C21H28N2O2/c1-5-16(3)25-19-13-15(2)11-12-17(19)14-23-20(24)21(4,22)18-9-7-6-8-10-18/h6-13,16H,5,14,22H2,1-4H3,(H,23,24). The van der Waals surface area contributed by atoms with Crippen molar-refractivity contribution in [2.24, 2.45) is 5.73 Å². The molecule has 2 unspecified atom stereocenters. The Hall–Kier alpha value is -2.33. The molecule has 0 heterocycles. The van der Waals surface area contributed by atoms with Crippen molar-refractivity contribution in [2.75, 3.05) is 0 Å². The number of hydrogen-bond acceptors (Lipinski definition) is 3. The summed E-state index contributed by atoms with van der Waals surface area (Å²) in [5.74, 6) is 0.599. The van der Waals surface area contributed by atoms with Crippen molar-refractivity contribution in [1.29, 1.82) is 0 Å². The highest BCUT2D eigenvalue weighted by atomic mass is 16.5. The van der Waals surface area contributed by atoms with Crippen LogP contribution in [-0.4, -0.2) is 12.0 Å². The molecule has 0 aliphatic rings. The molecule has 4 nitrogen and oxygen atoms in total. The van der Waals surface area contributed by atoms with Gasteiger partial charge in [-0.3, -0.25) is 4.79 Å². The number of nitrogens with one attached hydrogen (secondary N) is 1. The lowest BCUT2D eigenvalue weighted by molar-refractivity contribution is -0.126. The minimum absolute atomic E-state index is 0.125. The third kappa shape index (κ3) is 4.83. The zero-order valence-electron chi connectivity index (χ0n) is 15.5. The molecule has 25 heavy (non-hydrogen) atoms. The van der Waals surface area contributed by atoms with Crippen LogP contribution in [0, 0.1) is 6.92 Å². The van der Waals surface area contributed by atoms with E-state index in [4.69, 9.17) is 10.5 Å². The molecule has 1 amide bonds. The van der Waals surface area contributed by atoms with Crippen molar-refractivity contribution < 1.29 is 9.53 Å². The van der Waals surface area contributed by atoms with Gasteiger partial charge in [0, 0.05) is 12.1 Å². The summed E-state index contributed by atoms with van der Waals surface area (Å²) in [5, 5.41) is 2.94. The topological polar surface area (TPSA) is 64.3 Å². The lowest BCUT2D eigenvalue weighted by Crippen LogP contribution is -2.48. The van der Waals surface area contributed by atoms with Gasteiger partial charge in [0.05, 0.1) is 6.10 Å². The van der Waals surface area contributed by atoms with Gasteiger partial charge >= 0.3 is 0 Å². The van der Waals surface area contributed by atoms with Gasteiger partial charge in [0.1, 0.15) is 11.3 Å². The third-order valence-corrected chi connectivity index (χ3v) is 4.41. The summed E-state index contributed by atoms with van der Waals surface area (Å²) in [6.07, 6.45) is 1.05. The Bertz CT molecular complexity index is 711. The van der Waals surface area contributed by atoms with E-state index < -0.39 is 5.54 Å². The van der Waals surface area contributed by atoms with Gasteiger partial charge in [-0.2, -0.15) is 0 Å². The molecule has 0 saturated heterocycles. The van der Waals surface area contributed by atoms with Gasteiger partial charge in [-0.1, -0.05) is 49.4 Å². The van der Waals surface area contributed by atoms with Crippen LogP contribution < -0.4 is 15.8 Å². The molecule has 0 bridgehead atoms. The summed E-state index contributed by atoms with van der Waals surface area (Å²) in [5.41, 5.74) is 8.05. The molecule has 0 spiro atoms. The Morgan fingerprint density at radius 2 is 1.92 bits per heavy atom. The number of ether oxygens (including phenoxy) is 1. The van der Waals surface area contributed by atoms with Crippen molar-refractivity contribution in [3.05, 3.63) is 65.2 Å². The van der Waals surface area contributed by atoms with Crippen molar-refractivity contribution in [3.8, 4) is 5.75 Å². The van der Waals surface area contributed by atoms with E-state index in [9.17, 15) is 4.79 Å². The van der Waals surface area contributed by atoms with Crippen LogP contribution in [0.1, 0.15) is 43.9 Å². The third-order valence-electron chi connectivity index (χ3n) is 4.41. The van der Waals surface area contributed by atoms with Crippen LogP contribution in [0.2, 0.25) is 0 Å². The molecule has 2 aromatic carbocycles. The summed E-state index contributed by atoms with van der Waals surface area (Å²) in [4.78, 5) is 12.6. The van der Waals surface area contributed by atoms with Crippen LogP contribution in [0.15, 0.2) is 48.5 Å². The molecule has 0 saturated carbocycles. The smallest absolute Gasteiger partial charge is 0.244 e. The van der Waals surface area contributed by atoms with Gasteiger partial charge in [-0.15, -0.1) is 0 Å². The Balaban J connectivity index is 2.11. The first-order valence-corrected chi connectivity index (χ1v) is 8.73. The summed E-state index contributed by atoms with van der Waals surface area (Å²) in [6.45, 7) is 8.25. The van der Waals surface area contributed by atoms with E-state index in [-0.39, 0.29) is 12.0 Å². The SMILES string of the molecule is CCC(C)Oc1cc(C)ccc1CNC(=O)C(C)(N)c1ccccc1. The normalized spacial score (nSPS) is 14.4. The molecule has 0 fully saturated rings. The maximum Gasteiger partial charge on any atom is 0.244 e. The van der Waals surface area contributed by atoms with E-state index in [0.29, 0.717) is 6.54 Å². The second kappa shape index (κ2) is 8.17. The highest BCUT2D eigenvalue weighted by Crippen LogP contribution is 2.23. The summed E-state index contributed by atoms with van der Waals surface area (Å²) in [7, 11) is 0. The number of aryl methyl sites for hydroxylation is 1. The summed E-state index contributed by atoms with van der Waals surface area (Å²) >= 11 is 0. The molecule has 2 atom stereocenters. The number of nitrogens with two attached hydrogens (primary N) is 1. The highest BCUT2D eigenvalue weighted by molar-refractivity contribution is 5.87. The molecule has 0 aliphatic heterocycles. The van der Waals surface area contributed by atoms with E-state index >= 15 is 0 Å². The molecule has 3 N–H and O–H groups in total. The molecule has 4 heteroatoms. The zero-order chi connectivity index (χ0) is 18.4. The maximum atomic E-state index is 12.6. The fraction of sp³-hybridized carbons (Fsp3) is 0.381. The second-order valence-electron chi connectivity index (χ2n) is 6.70. The monoisotopic (exact) mass is 340 g/mol. The largest absolute Gasteiger partial charge is 0.490 e. The molecule has 0 radical (unpaired) electrons. The highest BCUT2D eigenvalue weighted by Gasteiger charge is 2.30. The summed E-state index contributed by atoms with van der Waals surface area (Å²) < 4.78 is 6.00. The van der Waals surface area contributed by atoms with E-state index in [2.05, 4.69) is 12.2 Å². The fourth-order valence-electron chi connectivity index (χ4n) is 2.49. The number of amides is 1. The first-order chi connectivity index (χ1) is 11.8. The first kappa shape index (κ1) is 19.0. The zero-order valence-corrected chi connectivity index (χ0v) is 15.5. The van der Waals surface area contributed by atoms with Gasteiger partial charge in [0.25, 0.3) is 0 Å². The minimum Gasteiger partial charge on any atom is -0.490 e. The van der Waals surface area contributed by atoms with Crippen molar-refractivity contribution >= 4 is 5.91 Å². The molecule has 0 aromatic heterocycles. The molecule has 2 aromatic rings. The predicted molar refractivity (Wildman–Crippen MR) is 101 cm³/mol. The number of hydrogen-bond donors (Lipinski definition) is 2. The minimum atomic E-state index is -1.08. The number of carbonyl (C=O) groups excluding carboxylic acids is 1. The van der Waals surface area contributed by atoms with Crippen molar-refractivity contribution in [3.63, 3.8) is 0 Å². The second-order valence-corrected chi connectivity index (χ2v) is 6.70. The molecule has 134 valence electrons. The van der Waals surface area contributed by atoms with Crippen molar-refractivity contribution in [1.82, 2.24) is 5.32 Å². The first-order valence-electron chi connectivity index (χ1n) is 8.73. The predicted octanol–water partition coefficient (Wildman–Crippen LogP) is 3.66. The van der Waals surface area contributed by atoms with Gasteiger partial charge < -0.3 is 15.8 Å². The van der Waals surface area contributed by atoms with Crippen LogP contribution >= 0.6 is 0 Å². The van der Waals surface area contributed by atoms with E-state index in [1.54, 1.807) is 6.92 Å². The van der Waals surface area contributed by atoms with Crippen LogP contribution in [-0.2, 0) is 16.9 Å². The number of rotatable bonds is 7. The maximum absolute atomic E-state index is 12.6. The Kier molecular flexibility index (Phi) is 6.21. The number of benzene rings is 2. The summed E-state index contributed by atoms with van der Waals surface area (Å²) in [6, 6.07) is 15.4. The van der Waals surface area contributed by atoms with Gasteiger partial charge in [0.2, 0.25) is 5.91 Å².